The van der Waals surface area contributed by atoms with Gasteiger partial charge in [-0.1, -0.05) is 61.0 Å². The normalized spacial score (nSPS) is 13.8. The van der Waals surface area contributed by atoms with E-state index in [9.17, 15) is 10.1 Å². The molecule has 3 aromatic carbocycles. The first-order chi connectivity index (χ1) is 19.9. The lowest BCUT2D eigenvalue weighted by Gasteiger charge is -2.24. The van der Waals surface area contributed by atoms with Gasteiger partial charge in [-0.25, -0.2) is 0 Å². The number of carbonyl (C=O) groups excluding carboxylic acids is 1. The number of pyridine rings is 1. The highest BCUT2D eigenvalue weighted by Gasteiger charge is 2.23. The molecule has 0 saturated carbocycles. The number of halogens is 1. The minimum Gasteiger partial charge on any atom is -0.377 e. The molecule has 0 fully saturated rings. The summed E-state index contributed by atoms with van der Waals surface area (Å²) in [5, 5.41) is 18.3. The summed E-state index contributed by atoms with van der Waals surface area (Å²) in [7, 11) is 3.46. The lowest BCUT2D eigenvalue weighted by Crippen LogP contribution is -2.34. The summed E-state index contributed by atoms with van der Waals surface area (Å²) >= 11 is 6.79. The molecule has 2 heterocycles. The standard InChI is InChI=1S/C31H31ClN8O/c1-4-26(19-9-6-5-7-10-19)37-28-22(16-33)17-34-30-24(28)14-23(15-25(30)32)36-29(27-18-35-39-38-27)20-11-8-12-21(13-20)31(41)40(2)3/h5-15,17-18,26,29,35-36,38-39H,4H2,1-3H3,(H,34,37)/t26-,29+/m1/s1. The Hall–Kier alpha value is -4.78. The van der Waals surface area contributed by atoms with Crippen LogP contribution in [0.25, 0.3) is 10.9 Å². The Balaban J connectivity index is 1.58. The van der Waals surface area contributed by atoms with Gasteiger partial charge in [0.1, 0.15) is 6.07 Å². The number of hydrogen-bond donors (Lipinski definition) is 5. The number of aromatic nitrogens is 1. The number of benzene rings is 3. The molecule has 5 rings (SSSR count). The number of anilines is 2. The Morgan fingerprint density at radius 1 is 1.07 bits per heavy atom. The smallest absolute Gasteiger partial charge is 0.253 e. The molecule has 0 radical (unpaired) electrons. The molecule has 5 N–H and O–H groups in total. The topological polar surface area (TPSA) is 117 Å². The summed E-state index contributed by atoms with van der Waals surface area (Å²) in [6.45, 7) is 2.10. The maximum atomic E-state index is 12.7. The molecule has 41 heavy (non-hydrogen) atoms. The highest BCUT2D eigenvalue weighted by molar-refractivity contribution is 6.35. The van der Waals surface area contributed by atoms with E-state index >= 15 is 0 Å². The van der Waals surface area contributed by atoms with E-state index in [1.165, 1.54) is 0 Å². The van der Waals surface area contributed by atoms with E-state index in [-0.39, 0.29) is 18.0 Å². The number of carbonyl (C=O) groups is 1. The van der Waals surface area contributed by atoms with Gasteiger partial charge in [-0.3, -0.25) is 9.78 Å². The number of hydrogen-bond acceptors (Lipinski definition) is 8. The minimum absolute atomic E-state index is 0.0148. The van der Waals surface area contributed by atoms with Gasteiger partial charge in [0, 0.05) is 43.1 Å². The van der Waals surface area contributed by atoms with Crippen LogP contribution in [-0.2, 0) is 0 Å². The van der Waals surface area contributed by atoms with Crippen LogP contribution in [0.4, 0.5) is 11.4 Å². The summed E-state index contributed by atoms with van der Waals surface area (Å²) in [4.78, 5) is 18.8. The number of amides is 1. The lowest BCUT2D eigenvalue weighted by atomic mass is 10.00. The van der Waals surface area contributed by atoms with Crippen molar-refractivity contribution in [3.8, 4) is 6.07 Å². The first kappa shape index (κ1) is 27.8. The maximum absolute atomic E-state index is 12.7. The van der Waals surface area contributed by atoms with Gasteiger partial charge in [-0.2, -0.15) is 10.8 Å². The van der Waals surface area contributed by atoms with Gasteiger partial charge in [0.15, 0.2) is 0 Å². The molecule has 0 spiro atoms. The first-order valence-corrected chi connectivity index (χ1v) is 13.7. The molecule has 0 aliphatic carbocycles. The molecule has 0 bridgehead atoms. The summed E-state index contributed by atoms with van der Waals surface area (Å²) in [5.41, 5.74) is 14.8. The summed E-state index contributed by atoms with van der Waals surface area (Å²) in [6.07, 6.45) is 4.19. The maximum Gasteiger partial charge on any atom is 0.253 e. The number of nitrogens with one attached hydrogen (secondary N) is 5. The Morgan fingerprint density at radius 3 is 2.54 bits per heavy atom. The van der Waals surface area contributed by atoms with Gasteiger partial charge >= 0.3 is 0 Å². The number of nitrogens with zero attached hydrogens (tertiary/aromatic N) is 3. The molecule has 1 aliphatic rings. The molecule has 10 heteroatoms. The second kappa shape index (κ2) is 12.2. The zero-order valence-corrected chi connectivity index (χ0v) is 23.8. The van der Waals surface area contributed by atoms with Crippen molar-refractivity contribution in [1.29, 1.82) is 5.26 Å². The van der Waals surface area contributed by atoms with E-state index in [1.807, 2.05) is 54.7 Å². The summed E-state index contributed by atoms with van der Waals surface area (Å²) in [5.74, 6) is -0.0846. The van der Waals surface area contributed by atoms with Crippen molar-refractivity contribution < 1.29 is 4.79 Å². The zero-order valence-electron chi connectivity index (χ0n) is 23.0. The van der Waals surface area contributed by atoms with E-state index in [2.05, 4.69) is 57.1 Å². The van der Waals surface area contributed by atoms with Crippen LogP contribution in [0.1, 0.15) is 52.5 Å². The Morgan fingerprint density at radius 2 is 1.85 bits per heavy atom. The Labute approximate surface area is 244 Å². The second-order valence-electron chi connectivity index (χ2n) is 9.93. The molecule has 1 amide bonds. The summed E-state index contributed by atoms with van der Waals surface area (Å²) < 4.78 is 0. The van der Waals surface area contributed by atoms with Crippen LogP contribution < -0.4 is 27.0 Å². The van der Waals surface area contributed by atoms with Gasteiger partial charge in [0.25, 0.3) is 5.91 Å². The first-order valence-electron chi connectivity index (χ1n) is 13.3. The van der Waals surface area contributed by atoms with Crippen molar-refractivity contribution in [2.24, 2.45) is 0 Å². The van der Waals surface area contributed by atoms with E-state index < -0.39 is 0 Å². The summed E-state index contributed by atoms with van der Waals surface area (Å²) in [6, 6.07) is 23.3. The third kappa shape index (κ3) is 5.89. The van der Waals surface area contributed by atoms with Crippen LogP contribution in [0.15, 0.2) is 84.8 Å². The highest BCUT2D eigenvalue weighted by Crippen LogP contribution is 2.37. The fraction of sp³-hybridized carbons (Fsp3) is 0.194. The van der Waals surface area contributed by atoms with E-state index in [4.69, 9.17) is 11.6 Å². The molecular formula is C31H31ClN8O. The molecule has 1 aliphatic heterocycles. The molecule has 208 valence electrons. The van der Waals surface area contributed by atoms with E-state index in [0.717, 1.165) is 34.3 Å². The fourth-order valence-electron chi connectivity index (χ4n) is 4.89. The highest BCUT2D eigenvalue weighted by atomic mass is 35.5. The van der Waals surface area contributed by atoms with Gasteiger partial charge in [0.2, 0.25) is 0 Å². The Bertz CT molecular complexity index is 1650. The van der Waals surface area contributed by atoms with E-state index in [1.54, 1.807) is 31.3 Å². The molecule has 0 saturated heterocycles. The largest absolute Gasteiger partial charge is 0.377 e. The zero-order chi connectivity index (χ0) is 28.9. The molecule has 1 aromatic heterocycles. The molecule has 0 unspecified atom stereocenters. The number of rotatable bonds is 9. The number of fused-ring (bicyclic) bond motifs is 1. The van der Waals surface area contributed by atoms with Gasteiger partial charge in [-0.15, -0.1) is 0 Å². The quantitative estimate of drug-likeness (QED) is 0.177. The predicted octanol–water partition coefficient (Wildman–Crippen LogP) is 5.63. The fourth-order valence-corrected chi connectivity index (χ4v) is 5.16. The SMILES string of the molecule is CC[C@@H](Nc1c(C#N)cnc2c(Cl)cc(N[C@H](C3=CNNN3)c3cccc(C(=O)N(C)C)c3)cc12)c1ccccc1. The average molecular weight is 567 g/mol. The van der Waals surface area contributed by atoms with Crippen LogP contribution in [-0.4, -0.2) is 29.9 Å². The van der Waals surface area contributed by atoms with Crippen molar-refractivity contribution in [1.82, 2.24) is 26.3 Å². The van der Waals surface area contributed by atoms with E-state index in [0.29, 0.717) is 27.4 Å². The van der Waals surface area contributed by atoms with Gasteiger partial charge in [0.05, 0.1) is 39.6 Å². The van der Waals surface area contributed by atoms with Crippen molar-refractivity contribution >= 4 is 39.8 Å². The lowest BCUT2D eigenvalue weighted by molar-refractivity contribution is 0.0827. The van der Waals surface area contributed by atoms with Crippen molar-refractivity contribution in [2.75, 3.05) is 24.7 Å². The van der Waals surface area contributed by atoms with Gasteiger partial charge < -0.3 is 26.4 Å². The predicted molar refractivity (Wildman–Crippen MR) is 163 cm³/mol. The minimum atomic E-state index is -0.364. The third-order valence-corrected chi connectivity index (χ3v) is 7.26. The van der Waals surface area contributed by atoms with Crippen LogP contribution in [0.3, 0.4) is 0 Å². The van der Waals surface area contributed by atoms with Crippen molar-refractivity contribution in [3.63, 3.8) is 0 Å². The van der Waals surface area contributed by atoms with Crippen LogP contribution >= 0.6 is 11.6 Å². The van der Waals surface area contributed by atoms with Crippen LogP contribution in [0, 0.1) is 11.3 Å². The second-order valence-corrected chi connectivity index (χ2v) is 10.3. The average Bonchev–Trinajstić information content (AvgIpc) is 3.53. The van der Waals surface area contributed by atoms with Crippen molar-refractivity contribution in [2.45, 2.75) is 25.4 Å². The number of hydrazine groups is 2. The van der Waals surface area contributed by atoms with Crippen LogP contribution in [0.5, 0.6) is 0 Å². The number of nitriles is 1. The molecular weight excluding hydrogens is 536 g/mol. The van der Waals surface area contributed by atoms with Crippen molar-refractivity contribution in [3.05, 3.63) is 112 Å². The Kier molecular flexibility index (Phi) is 8.24. The molecule has 9 nitrogen and oxygen atoms in total. The van der Waals surface area contributed by atoms with Gasteiger partial charge in [-0.05, 0) is 41.8 Å². The third-order valence-electron chi connectivity index (χ3n) is 6.98. The monoisotopic (exact) mass is 566 g/mol. The van der Waals surface area contributed by atoms with Crippen LogP contribution in [0.2, 0.25) is 5.02 Å². The molecule has 2 atom stereocenters. The molecule has 4 aromatic rings.